The summed E-state index contributed by atoms with van der Waals surface area (Å²) in [5, 5.41) is 18.1. The van der Waals surface area contributed by atoms with E-state index in [1.165, 1.54) is 0 Å². The second-order valence-corrected chi connectivity index (χ2v) is 4.81. The molecule has 0 aromatic heterocycles. The quantitative estimate of drug-likeness (QED) is 0.759. The van der Waals surface area contributed by atoms with Crippen LogP contribution in [-0.4, -0.2) is 34.6 Å². The van der Waals surface area contributed by atoms with Crippen LogP contribution < -0.4 is 0 Å². The predicted octanol–water partition coefficient (Wildman–Crippen LogP) is 1.05. The monoisotopic (exact) mass is 222 g/mol. The molecule has 1 saturated heterocycles. The first-order valence-corrected chi connectivity index (χ1v) is 6.08. The third-order valence-corrected chi connectivity index (χ3v) is 3.86. The molecule has 2 rings (SSSR count). The van der Waals surface area contributed by atoms with E-state index in [2.05, 4.69) is 6.07 Å². The minimum absolute atomic E-state index is 0.0242. The first-order valence-electron chi connectivity index (χ1n) is 6.08. The Morgan fingerprint density at radius 3 is 2.56 bits per heavy atom. The topological polar surface area (TPSA) is 64.3 Å². The Labute approximate surface area is 95.9 Å². The van der Waals surface area contributed by atoms with Gasteiger partial charge >= 0.3 is 0 Å². The Kier molecular flexibility index (Phi) is 3.45. The molecule has 0 bridgehead atoms. The van der Waals surface area contributed by atoms with Crippen LogP contribution in [0.4, 0.5) is 0 Å². The molecule has 1 heterocycles. The number of nitriles is 1. The number of amides is 1. The summed E-state index contributed by atoms with van der Waals surface area (Å²) in [7, 11) is 0. The fraction of sp³-hybridized carbons (Fsp3) is 0.833. The minimum Gasteiger partial charge on any atom is -0.394 e. The first kappa shape index (κ1) is 11.4. The molecule has 1 aliphatic heterocycles. The molecule has 1 saturated carbocycles. The molecule has 4 nitrogen and oxygen atoms in total. The lowest BCUT2D eigenvalue weighted by Crippen LogP contribution is -2.45. The van der Waals surface area contributed by atoms with Crippen molar-refractivity contribution in [3.8, 4) is 6.07 Å². The third-order valence-electron chi connectivity index (χ3n) is 3.86. The summed E-state index contributed by atoms with van der Waals surface area (Å²) in [6.07, 6.45) is 4.98. The summed E-state index contributed by atoms with van der Waals surface area (Å²) in [6.45, 7) is 0.0733. The molecule has 16 heavy (non-hydrogen) atoms. The number of rotatable bonds is 2. The molecule has 0 aromatic carbocycles. The lowest BCUT2D eigenvalue weighted by atomic mass is 9.86. The van der Waals surface area contributed by atoms with Crippen molar-refractivity contribution in [2.75, 3.05) is 6.61 Å². The Bertz CT molecular complexity index is 303. The smallest absolute Gasteiger partial charge is 0.223 e. The number of carbonyl (C=O) groups excluding carboxylic acids is 1. The van der Waals surface area contributed by atoms with E-state index in [1.54, 1.807) is 0 Å². The molecule has 4 heteroatoms. The van der Waals surface area contributed by atoms with Gasteiger partial charge in [0, 0.05) is 18.4 Å². The Morgan fingerprint density at radius 2 is 2.00 bits per heavy atom. The van der Waals surface area contributed by atoms with E-state index in [0.29, 0.717) is 6.42 Å². The van der Waals surface area contributed by atoms with Crippen molar-refractivity contribution in [3.63, 3.8) is 0 Å². The summed E-state index contributed by atoms with van der Waals surface area (Å²) in [5.41, 5.74) is 0. The number of aliphatic hydroxyl groups is 1. The average Bonchev–Trinajstić information content (AvgIpc) is 2.70. The van der Waals surface area contributed by atoms with Gasteiger partial charge in [-0.25, -0.2) is 0 Å². The van der Waals surface area contributed by atoms with Gasteiger partial charge in [-0.3, -0.25) is 4.79 Å². The average molecular weight is 222 g/mol. The molecule has 2 aliphatic rings. The van der Waals surface area contributed by atoms with Gasteiger partial charge < -0.3 is 10.0 Å². The SMILES string of the molecule is N#CC1CCC(N2C(=O)CCC2CO)CC1. The molecule has 1 unspecified atom stereocenters. The normalized spacial score (nSPS) is 35.1. The van der Waals surface area contributed by atoms with Crippen LogP contribution in [-0.2, 0) is 4.79 Å². The van der Waals surface area contributed by atoms with E-state index in [0.717, 1.165) is 32.1 Å². The van der Waals surface area contributed by atoms with Gasteiger partial charge in [-0.1, -0.05) is 0 Å². The fourth-order valence-corrected chi connectivity index (χ4v) is 2.93. The number of aliphatic hydroxyl groups excluding tert-OH is 1. The van der Waals surface area contributed by atoms with Crippen LogP contribution in [0.15, 0.2) is 0 Å². The van der Waals surface area contributed by atoms with Crippen LogP contribution in [0.5, 0.6) is 0 Å². The molecule has 0 spiro atoms. The standard InChI is InChI=1S/C12H18N2O2/c13-7-9-1-3-10(4-2-9)14-11(8-15)5-6-12(14)16/h9-11,15H,1-6,8H2. The van der Waals surface area contributed by atoms with E-state index >= 15 is 0 Å². The van der Waals surface area contributed by atoms with Crippen LogP contribution in [0.3, 0.4) is 0 Å². The van der Waals surface area contributed by atoms with Gasteiger partial charge in [0.2, 0.25) is 5.91 Å². The first-order chi connectivity index (χ1) is 7.76. The highest BCUT2D eigenvalue weighted by Gasteiger charge is 2.37. The van der Waals surface area contributed by atoms with E-state index in [-0.39, 0.29) is 30.5 Å². The van der Waals surface area contributed by atoms with Crippen LogP contribution >= 0.6 is 0 Å². The Hall–Kier alpha value is -1.08. The van der Waals surface area contributed by atoms with Crippen LogP contribution in [0, 0.1) is 17.2 Å². The summed E-state index contributed by atoms with van der Waals surface area (Å²) in [4.78, 5) is 13.6. The van der Waals surface area contributed by atoms with Crippen molar-refractivity contribution < 1.29 is 9.90 Å². The number of likely N-dealkylation sites (tertiary alicyclic amines) is 1. The zero-order valence-electron chi connectivity index (χ0n) is 9.43. The van der Waals surface area contributed by atoms with Gasteiger partial charge in [-0.15, -0.1) is 0 Å². The zero-order chi connectivity index (χ0) is 11.5. The zero-order valence-corrected chi connectivity index (χ0v) is 9.43. The van der Waals surface area contributed by atoms with Crippen LogP contribution in [0.1, 0.15) is 38.5 Å². The Morgan fingerprint density at radius 1 is 1.31 bits per heavy atom. The maximum absolute atomic E-state index is 11.7. The molecule has 1 N–H and O–H groups in total. The molecule has 88 valence electrons. The van der Waals surface area contributed by atoms with Crippen molar-refractivity contribution in [3.05, 3.63) is 0 Å². The van der Waals surface area contributed by atoms with Gasteiger partial charge in [0.1, 0.15) is 0 Å². The van der Waals surface area contributed by atoms with Gasteiger partial charge in [-0.05, 0) is 32.1 Å². The summed E-state index contributed by atoms with van der Waals surface area (Å²) in [5.74, 6) is 0.348. The van der Waals surface area contributed by atoms with Gasteiger partial charge in [0.15, 0.2) is 0 Å². The lowest BCUT2D eigenvalue weighted by Gasteiger charge is -2.36. The van der Waals surface area contributed by atoms with E-state index < -0.39 is 0 Å². The minimum atomic E-state index is 0.0242. The van der Waals surface area contributed by atoms with Crippen molar-refractivity contribution in [2.45, 2.75) is 50.6 Å². The van der Waals surface area contributed by atoms with Crippen molar-refractivity contribution in [1.82, 2.24) is 4.90 Å². The highest BCUT2D eigenvalue weighted by molar-refractivity contribution is 5.79. The maximum atomic E-state index is 11.7. The van der Waals surface area contributed by atoms with Gasteiger partial charge in [0.25, 0.3) is 0 Å². The molecular formula is C12H18N2O2. The van der Waals surface area contributed by atoms with Crippen molar-refractivity contribution in [1.29, 1.82) is 5.26 Å². The van der Waals surface area contributed by atoms with Crippen molar-refractivity contribution >= 4 is 5.91 Å². The second-order valence-electron chi connectivity index (χ2n) is 4.81. The second kappa shape index (κ2) is 4.84. The molecule has 2 fully saturated rings. The largest absolute Gasteiger partial charge is 0.394 e. The van der Waals surface area contributed by atoms with E-state index in [1.807, 2.05) is 4.90 Å². The molecule has 1 atom stereocenters. The highest BCUT2D eigenvalue weighted by atomic mass is 16.3. The molecular weight excluding hydrogens is 204 g/mol. The number of hydrogen-bond donors (Lipinski definition) is 1. The molecule has 0 radical (unpaired) electrons. The highest BCUT2D eigenvalue weighted by Crippen LogP contribution is 2.32. The molecule has 0 aromatic rings. The summed E-state index contributed by atoms with van der Waals surface area (Å²) >= 11 is 0. The Balaban J connectivity index is 1.97. The van der Waals surface area contributed by atoms with E-state index in [4.69, 9.17) is 5.26 Å². The predicted molar refractivity (Wildman–Crippen MR) is 58.3 cm³/mol. The fourth-order valence-electron chi connectivity index (χ4n) is 2.93. The number of nitrogens with zero attached hydrogens (tertiary/aromatic N) is 2. The third kappa shape index (κ3) is 2.05. The van der Waals surface area contributed by atoms with Crippen LogP contribution in [0.2, 0.25) is 0 Å². The van der Waals surface area contributed by atoms with E-state index in [9.17, 15) is 9.90 Å². The summed E-state index contributed by atoms with van der Waals surface area (Å²) in [6, 6.07) is 2.58. The molecule has 1 amide bonds. The number of carbonyl (C=O) groups is 1. The van der Waals surface area contributed by atoms with Crippen molar-refractivity contribution in [2.24, 2.45) is 5.92 Å². The van der Waals surface area contributed by atoms with Gasteiger partial charge in [0.05, 0.1) is 18.7 Å². The maximum Gasteiger partial charge on any atom is 0.223 e. The van der Waals surface area contributed by atoms with Crippen LogP contribution in [0.25, 0.3) is 0 Å². The number of hydrogen-bond acceptors (Lipinski definition) is 3. The molecule has 1 aliphatic carbocycles. The summed E-state index contributed by atoms with van der Waals surface area (Å²) < 4.78 is 0. The van der Waals surface area contributed by atoms with Gasteiger partial charge in [-0.2, -0.15) is 5.26 Å². The lowest BCUT2D eigenvalue weighted by molar-refractivity contribution is -0.132.